The smallest absolute Gasteiger partial charge is 0.335 e. The number of carbonyl (C=O) groups is 1. The summed E-state index contributed by atoms with van der Waals surface area (Å²) < 4.78 is 17.2. The lowest BCUT2D eigenvalue weighted by Crippen LogP contribution is -2.03. The Morgan fingerprint density at radius 2 is 2.07 bits per heavy atom. The van der Waals surface area contributed by atoms with Gasteiger partial charge in [0, 0.05) is 6.08 Å². The van der Waals surface area contributed by atoms with Gasteiger partial charge in [0.05, 0.1) is 6.61 Å². The van der Waals surface area contributed by atoms with Crippen LogP contribution in [0.1, 0.15) is 0 Å². The van der Waals surface area contributed by atoms with Gasteiger partial charge in [-0.2, -0.15) is 0 Å². The third kappa shape index (κ3) is 3.37. The van der Waals surface area contributed by atoms with Gasteiger partial charge in [-0.15, -0.1) is 0 Å². The van der Waals surface area contributed by atoms with Gasteiger partial charge < -0.3 is 9.84 Å². The van der Waals surface area contributed by atoms with Crippen LogP contribution in [0.2, 0.25) is 0 Å². The van der Waals surface area contributed by atoms with Gasteiger partial charge in [-0.05, 0) is 24.3 Å². The van der Waals surface area contributed by atoms with E-state index in [1.54, 1.807) is 0 Å². The average Bonchev–Trinajstić information content (AvgIpc) is 2.18. The standard InChI is InChI=1S/C10H9FO3/c11-8-3-5-9(6-4-8)14-10(13)2-1-7-12/h1-6,12H,7H2/b2-1+. The average molecular weight is 196 g/mol. The Morgan fingerprint density at radius 3 is 2.64 bits per heavy atom. The van der Waals surface area contributed by atoms with Gasteiger partial charge in [-0.1, -0.05) is 6.08 Å². The summed E-state index contributed by atoms with van der Waals surface area (Å²) in [5.41, 5.74) is 0. The number of hydrogen-bond donors (Lipinski definition) is 1. The Hall–Kier alpha value is -1.68. The second kappa shape index (κ2) is 5.14. The third-order valence-corrected chi connectivity index (χ3v) is 1.39. The molecule has 0 saturated heterocycles. The molecule has 0 saturated carbocycles. The minimum Gasteiger partial charge on any atom is -0.423 e. The van der Waals surface area contributed by atoms with Crippen LogP contribution >= 0.6 is 0 Å². The Balaban J connectivity index is 2.56. The topological polar surface area (TPSA) is 46.5 Å². The Bertz CT molecular complexity index is 330. The lowest BCUT2D eigenvalue weighted by atomic mass is 10.3. The number of ether oxygens (including phenoxy) is 1. The first-order valence-electron chi connectivity index (χ1n) is 3.97. The van der Waals surface area contributed by atoms with Crippen molar-refractivity contribution >= 4 is 5.97 Å². The molecule has 4 heteroatoms. The molecule has 0 amide bonds. The molecular weight excluding hydrogens is 187 g/mol. The van der Waals surface area contributed by atoms with Gasteiger partial charge in [0.2, 0.25) is 0 Å². The highest BCUT2D eigenvalue weighted by molar-refractivity contribution is 5.83. The second-order valence-electron chi connectivity index (χ2n) is 2.46. The van der Waals surface area contributed by atoms with E-state index in [1.807, 2.05) is 0 Å². The molecule has 14 heavy (non-hydrogen) atoms. The van der Waals surface area contributed by atoms with Gasteiger partial charge in [-0.3, -0.25) is 0 Å². The molecule has 0 heterocycles. The van der Waals surface area contributed by atoms with Crippen LogP contribution in [0.3, 0.4) is 0 Å². The fourth-order valence-corrected chi connectivity index (χ4v) is 0.802. The number of hydrogen-bond acceptors (Lipinski definition) is 3. The van der Waals surface area contributed by atoms with E-state index in [-0.39, 0.29) is 12.4 Å². The molecule has 0 radical (unpaired) electrons. The minimum absolute atomic E-state index is 0.224. The van der Waals surface area contributed by atoms with Gasteiger partial charge in [0.15, 0.2) is 0 Å². The summed E-state index contributed by atoms with van der Waals surface area (Å²) in [6, 6.07) is 5.08. The fourth-order valence-electron chi connectivity index (χ4n) is 0.802. The van der Waals surface area contributed by atoms with E-state index in [4.69, 9.17) is 9.84 Å². The molecule has 0 bridgehead atoms. The van der Waals surface area contributed by atoms with Gasteiger partial charge in [0.1, 0.15) is 11.6 Å². The fraction of sp³-hybridized carbons (Fsp3) is 0.100. The Kier molecular flexibility index (Phi) is 3.82. The van der Waals surface area contributed by atoms with Crippen molar-refractivity contribution in [3.05, 3.63) is 42.2 Å². The molecule has 0 aliphatic rings. The zero-order valence-electron chi connectivity index (χ0n) is 7.31. The summed E-state index contributed by atoms with van der Waals surface area (Å²) >= 11 is 0. The third-order valence-electron chi connectivity index (χ3n) is 1.39. The van der Waals surface area contributed by atoms with Crippen molar-refractivity contribution in [2.45, 2.75) is 0 Å². The molecule has 0 aliphatic heterocycles. The summed E-state index contributed by atoms with van der Waals surface area (Å²) in [4.78, 5) is 10.9. The van der Waals surface area contributed by atoms with E-state index in [1.165, 1.54) is 30.3 Å². The zero-order chi connectivity index (χ0) is 10.4. The highest BCUT2D eigenvalue weighted by atomic mass is 19.1. The van der Waals surface area contributed by atoms with Crippen LogP contribution in [-0.4, -0.2) is 17.7 Å². The number of benzene rings is 1. The lowest BCUT2D eigenvalue weighted by Gasteiger charge is -1.99. The maximum atomic E-state index is 12.4. The Labute approximate surface area is 80.4 Å². The normalized spacial score (nSPS) is 10.4. The van der Waals surface area contributed by atoms with E-state index in [0.29, 0.717) is 0 Å². The number of rotatable bonds is 3. The molecule has 0 atom stereocenters. The lowest BCUT2D eigenvalue weighted by molar-refractivity contribution is -0.129. The van der Waals surface area contributed by atoms with E-state index >= 15 is 0 Å². The van der Waals surface area contributed by atoms with Crippen molar-refractivity contribution in [1.82, 2.24) is 0 Å². The molecule has 74 valence electrons. The summed E-state index contributed by atoms with van der Waals surface area (Å²) in [7, 11) is 0. The van der Waals surface area contributed by atoms with Crippen LogP contribution < -0.4 is 4.74 Å². The molecule has 1 rings (SSSR count). The summed E-state index contributed by atoms with van der Waals surface area (Å²) in [5, 5.41) is 8.37. The Morgan fingerprint density at radius 1 is 1.43 bits per heavy atom. The summed E-state index contributed by atoms with van der Waals surface area (Å²) in [6.07, 6.45) is 2.36. The highest BCUT2D eigenvalue weighted by Gasteiger charge is 1.99. The zero-order valence-corrected chi connectivity index (χ0v) is 7.31. The summed E-state index contributed by atoms with van der Waals surface area (Å²) in [6.45, 7) is -0.224. The van der Waals surface area contributed by atoms with Crippen molar-refractivity contribution in [3.63, 3.8) is 0 Å². The first kappa shape index (κ1) is 10.4. The van der Waals surface area contributed by atoms with Gasteiger partial charge in [0.25, 0.3) is 0 Å². The molecule has 0 aromatic heterocycles. The van der Waals surface area contributed by atoms with Crippen LogP contribution in [-0.2, 0) is 4.79 Å². The largest absolute Gasteiger partial charge is 0.423 e. The van der Waals surface area contributed by atoms with Crippen LogP contribution in [0, 0.1) is 5.82 Å². The maximum Gasteiger partial charge on any atom is 0.335 e. The highest BCUT2D eigenvalue weighted by Crippen LogP contribution is 2.11. The first-order chi connectivity index (χ1) is 6.72. The van der Waals surface area contributed by atoms with Crippen LogP contribution in [0.4, 0.5) is 4.39 Å². The quantitative estimate of drug-likeness (QED) is 0.450. The monoisotopic (exact) mass is 196 g/mol. The predicted octanol–water partition coefficient (Wildman–Crippen LogP) is 1.28. The number of halogens is 1. The van der Waals surface area contributed by atoms with E-state index in [2.05, 4.69) is 0 Å². The molecule has 1 aromatic rings. The molecule has 0 spiro atoms. The first-order valence-corrected chi connectivity index (χ1v) is 3.97. The molecule has 1 N–H and O–H groups in total. The molecule has 0 unspecified atom stereocenters. The van der Waals surface area contributed by atoms with Crippen molar-refractivity contribution in [2.75, 3.05) is 6.61 Å². The van der Waals surface area contributed by atoms with E-state index in [9.17, 15) is 9.18 Å². The summed E-state index contributed by atoms with van der Waals surface area (Å²) in [5.74, 6) is -0.736. The molecule has 0 aliphatic carbocycles. The van der Waals surface area contributed by atoms with Crippen molar-refractivity contribution in [3.8, 4) is 5.75 Å². The number of esters is 1. The van der Waals surface area contributed by atoms with Crippen LogP contribution in [0.15, 0.2) is 36.4 Å². The van der Waals surface area contributed by atoms with Crippen LogP contribution in [0.25, 0.3) is 0 Å². The molecule has 3 nitrogen and oxygen atoms in total. The van der Waals surface area contributed by atoms with Crippen molar-refractivity contribution < 1.29 is 19.0 Å². The van der Waals surface area contributed by atoms with Gasteiger partial charge in [-0.25, -0.2) is 9.18 Å². The maximum absolute atomic E-state index is 12.4. The SMILES string of the molecule is O=C(/C=C/CO)Oc1ccc(F)cc1. The predicted molar refractivity (Wildman–Crippen MR) is 48.3 cm³/mol. The molecular formula is C10H9FO3. The van der Waals surface area contributed by atoms with E-state index in [0.717, 1.165) is 6.08 Å². The van der Waals surface area contributed by atoms with Gasteiger partial charge >= 0.3 is 5.97 Å². The van der Waals surface area contributed by atoms with Crippen molar-refractivity contribution in [2.24, 2.45) is 0 Å². The number of aliphatic hydroxyl groups is 1. The molecule has 0 fully saturated rings. The number of carbonyl (C=O) groups excluding carboxylic acids is 1. The second-order valence-corrected chi connectivity index (χ2v) is 2.46. The minimum atomic E-state index is -0.606. The molecule has 1 aromatic carbocycles. The number of aliphatic hydroxyl groups excluding tert-OH is 1. The van der Waals surface area contributed by atoms with Crippen LogP contribution in [0.5, 0.6) is 5.75 Å². The van der Waals surface area contributed by atoms with Crippen molar-refractivity contribution in [1.29, 1.82) is 0 Å². The van der Waals surface area contributed by atoms with E-state index < -0.39 is 11.8 Å².